The van der Waals surface area contributed by atoms with Crippen LogP contribution in [0.3, 0.4) is 0 Å². The van der Waals surface area contributed by atoms with Crippen molar-refractivity contribution in [3.63, 3.8) is 0 Å². The van der Waals surface area contributed by atoms with Crippen molar-refractivity contribution in [3.8, 4) is 18.4 Å². The summed E-state index contributed by atoms with van der Waals surface area (Å²) in [6.07, 6.45) is 4.36. The Balaban J connectivity index is 3.46. The van der Waals surface area contributed by atoms with Gasteiger partial charge in [-0.3, -0.25) is 0 Å². The van der Waals surface area contributed by atoms with Gasteiger partial charge in [0.1, 0.15) is 16.8 Å². The Bertz CT molecular complexity index is 600. The Labute approximate surface area is 127 Å². The predicted molar refractivity (Wildman–Crippen MR) is 76.6 cm³/mol. The molecule has 0 aliphatic rings. The summed E-state index contributed by atoms with van der Waals surface area (Å²) in [5, 5.41) is 9.59. The summed E-state index contributed by atoms with van der Waals surface area (Å²) in [7, 11) is 4.08. The molecule has 1 heterocycles. The molecule has 0 aromatic carbocycles. The number of hydrogen-bond donors (Lipinski definition) is 0. The number of hydrogen-bond acceptors (Lipinski definition) is 7. The van der Waals surface area contributed by atoms with E-state index in [0.717, 1.165) is 0 Å². The van der Waals surface area contributed by atoms with Crippen molar-refractivity contribution in [2.24, 2.45) is 0 Å². The van der Waals surface area contributed by atoms with Gasteiger partial charge in [0.25, 0.3) is 0 Å². The minimum absolute atomic E-state index is 0.118. The fraction of sp³-hybridized carbons (Fsp3) is 0.357. The molecular weight excluding hydrogens is 292 g/mol. The van der Waals surface area contributed by atoms with Gasteiger partial charge >= 0.3 is 5.97 Å². The van der Waals surface area contributed by atoms with Crippen LogP contribution in [0.15, 0.2) is 11.1 Å². The number of nitriles is 1. The van der Waals surface area contributed by atoms with E-state index in [9.17, 15) is 10.1 Å². The number of methoxy groups -OCH3 is 3. The first-order valence-corrected chi connectivity index (χ1v) is 6.76. The van der Waals surface area contributed by atoms with Crippen LogP contribution >= 0.6 is 11.8 Å². The molecular formula is C14H14N2O4S. The van der Waals surface area contributed by atoms with Gasteiger partial charge in [-0.25, -0.2) is 9.78 Å². The molecule has 0 unspecified atom stereocenters. The third-order valence-corrected chi connectivity index (χ3v) is 3.38. The maximum Gasteiger partial charge on any atom is 0.339 e. The largest absolute Gasteiger partial charge is 0.465 e. The third-order valence-electron chi connectivity index (χ3n) is 2.49. The number of nitrogens with zero attached hydrogens (tertiary/aromatic N) is 2. The molecule has 1 aromatic rings. The molecule has 21 heavy (non-hydrogen) atoms. The Morgan fingerprint density at radius 1 is 1.48 bits per heavy atom. The van der Waals surface area contributed by atoms with Gasteiger partial charge in [-0.1, -0.05) is 17.7 Å². The van der Waals surface area contributed by atoms with E-state index in [1.165, 1.54) is 39.2 Å². The molecule has 0 saturated carbocycles. The van der Waals surface area contributed by atoms with Crippen molar-refractivity contribution in [3.05, 3.63) is 22.9 Å². The number of rotatable bonds is 6. The lowest BCUT2D eigenvalue weighted by Gasteiger charge is -2.17. The first-order chi connectivity index (χ1) is 10.1. The van der Waals surface area contributed by atoms with Crippen LogP contribution < -0.4 is 0 Å². The van der Waals surface area contributed by atoms with Crippen LogP contribution in [-0.4, -0.2) is 38.0 Å². The third kappa shape index (κ3) is 3.96. The summed E-state index contributed by atoms with van der Waals surface area (Å²) in [4.78, 5) is 16.1. The summed E-state index contributed by atoms with van der Waals surface area (Å²) in [5.74, 6) is 2.18. The molecule has 110 valence electrons. The average Bonchev–Trinajstić information content (AvgIpc) is 2.53. The number of thioether (sulfide) groups is 1. The maximum absolute atomic E-state index is 11.8. The van der Waals surface area contributed by atoms with Gasteiger partial charge in [0.2, 0.25) is 6.29 Å². The molecule has 0 spiro atoms. The number of esters is 1. The van der Waals surface area contributed by atoms with Crippen molar-refractivity contribution in [2.75, 3.05) is 27.1 Å². The quantitative estimate of drug-likeness (QED) is 0.343. The summed E-state index contributed by atoms with van der Waals surface area (Å²) < 4.78 is 15.0. The highest BCUT2D eigenvalue weighted by atomic mass is 32.2. The lowest BCUT2D eigenvalue weighted by molar-refractivity contribution is -0.109. The zero-order valence-corrected chi connectivity index (χ0v) is 12.7. The van der Waals surface area contributed by atoms with Crippen molar-refractivity contribution < 1.29 is 19.0 Å². The van der Waals surface area contributed by atoms with Crippen molar-refractivity contribution in [1.82, 2.24) is 4.98 Å². The second kappa shape index (κ2) is 8.28. The van der Waals surface area contributed by atoms with Gasteiger partial charge in [0.05, 0.1) is 24.0 Å². The molecule has 0 aliphatic heterocycles. The Hall–Kier alpha value is -2.06. The van der Waals surface area contributed by atoms with E-state index in [-0.39, 0.29) is 16.8 Å². The highest BCUT2D eigenvalue weighted by Gasteiger charge is 2.24. The number of aromatic nitrogens is 1. The molecule has 1 rings (SSSR count). The fourth-order valence-corrected chi connectivity index (χ4v) is 2.23. The molecule has 0 saturated heterocycles. The standard InChI is InChI=1S/C14H14N2O4S/c1-5-6-21-12-9(8-15)7-10(13(17)18-2)11(16-12)14(19-3)20-4/h1,7,14H,6H2,2-4H3. The number of carbonyl (C=O) groups is 1. The fourth-order valence-electron chi connectivity index (χ4n) is 1.58. The number of carbonyl (C=O) groups excluding carboxylic acids is 1. The molecule has 0 fully saturated rings. The van der Waals surface area contributed by atoms with Crippen LogP contribution in [0.25, 0.3) is 0 Å². The molecule has 7 heteroatoms. The van der Waals surface area contributed by atoms with Crippen LogP contribution in [-0.2, 0) is 14.2 Å². The Morgan fingerprint density at radius 2 is 2.14 bits per heavy atom. The van der Waals surface area contributed by atoms with Crippen LogP contribution in [0.4, 0.5) is 0 Å². The van der Waals surface area contributed by atoms with Gasteiger partial charge < -0.3 is 14.2 Å². The first-order valence-electron chi connectivity index (χ1n) is 5.78. The van der Waals surface area contributed by atoms with Crippen molar-refractivity contribution in [1.29, 1.82) is 5.26 Å². The molecule has 0 atom stereocenters. The second-order valence-electron chi connectivity index (χ2n) is 3.67. The van der Waals surface area contributed by atoms with Gasteiger partial charge in [0, 0.05) is 14.2 Å². The second-order valence-corrected chi connectivity index (χ2v) is 4.64. The summed E-state index contributed by atoms with van der Waals surface area (Å²) in [6, 6.07) is 3.39. The summed E-state index contributed by atoms with van der Waals surface area (Å²) in [6.45, 7) is 0. The van der Waals surface area contributed by atoms with Crippen LogP contribution in [0, 0.1) is 23.7 Å². The van der Waals surface area contributed by atoms with Gasteiger partial charge in [0.15, 0.2) is 0 Å². The molecule has 1 aromatic heterocycles. The Morgan fingerprint density at radius 3 is 2.62 bits per heavy atom. The molecule has 6 nitrogen and oxygen atoms in total. The molecule has 0 bridgehead atoms. The molecule has 0 N–H and O–H groups in total. The monoisotopic (exact) mass is 306 g/mol. The first kappa shape index (κ1) is 17.0. The van der Waals surface area contributed by atoms with Crippen LogP contribution in [0.5, 0.6) is 0 Å². The zero-order valence-electron chi connectivity index (χ0n) is 11.9. The summed E-state index contributed by atoms with van der Waals surface area (Å²) >= 11 is 1.22. The van der Waals surface area contributed by atoms with Gasteiger partial charge in [-0.2, -0.15) is 5.26 Å². The lowest BCUT2D eigenvalue weighted by atomic mass is 10.1. The zero-order chi connectivity index (χ0) is 15.8. The van der Waals surface area contributed by atoms with E-state index in [1.807, 2.05) is 6.07 Å². The highest BCUT2D eigenvalue weighted by molar-refractivity contribution is 7.99. The van der Waals surface area contributed by atoms with Crippen LogP contribution in [0.1, 0.15) is 27.9 Å². The molecule has 0 radical (unpaired) electrons. The van der Waals surface area contributed by atoms with Crippen molar-refractivity contribution >= 4 is 17.7 Å². The average molecular weight is 306 g/mol. The molecule has 0 aliphatic carbocycles. The van der Waals surface area contributed by atoms with E-state index in [0.29, 0.717) is 10.8 Å². The maximum atomic E-state index is 11.8. The Kier molecular flexibility index (Phi) is 6.70. The SMILES string of the molecule is C#CCSc1nc(C(OC)OC)c(C(=O)OC)cc1C#N. The lowest BCUT2D eigenvalue weighted by Crippen LogP contribution is -2.15. The number of terminal acetylenes is 1. The van der Waals surface area contributed by atoms with Gasteiger partial charge in [-0.05, 0) is 6.07 Å². The molecule has 0 amide bonds. The van der Waals surface area contributed by atoms with E-state index < -0.39 is 12.3 Å². The topological polar surface area (TPSA) is 81.4 Å². The van der Waals surface area contributed by atoms with Crippen molar-refractivity contribution in [2.45, 2.75) is 11.3 Å². The van der Waals surface area contributed by atoms with E-state index in [4.69, 9.17) is 20.6 Å². The van der Waals surface area contributed by atoms with Crippen LogP contribution in [0.2, 0.25) is 0 Å². The highest BCUT2D eigenvalue weighted by Crippen LogP contribution is 2.27. The van der Waals surface area contributed by atoms with E-state index in [1.54, 1.807) is 0 Å². The smallest absolute Gasteiger partial charge is 0.339 e. The minimum atomic E-state index is -0.850. The van der Waals surface area contributed by atoms with Gasteiger partial charge in [-0.15, -0.1) is 6.42 Å². The normalized spacial score (nSPS) is 10.0. The number of pyridine rings is 1. The predicted octanol–water partition coefficient (Wildman–Crippen LogP) is 1.76. The minimum Gasteiger partial charge on any atom is -0.465 e. The van der Waals surface area contributed by atoms with E-state index in [2.05, 4.69) is 10.9 Å². The van der Waals surface area contributed by atoms with E-state index >= 15 is 0 Å². The number of ether oxygens (including phenoxy) is 3. The summed E-state index contributed by atoms with van der Waals surface area (Å²) in [5.41, 5.74) is 0.600.